The molecule has 1 aliphatic heterocycles. The molecule has 3 unspecified atom stereocenters. The summed E-state index contributed by atoms with van der Waals surface area (Å²) >= 11 is 0. The van der Waals surface area contributed by atoms with Crippen LogP contribution in [0.5, 0.6) is 0 Å². The van der Waals surface area contributed by atoms with Gasteiger partial charge in [0.2, 0.25) is 0 Å². The molecule has 1 saturated heterocycles. The van der Waals surface area contributed by atoms with Crippen LogP contribution in [0.2, 0.25) is 0 Å². The topological polar surface area (TPSA) is 90.2 Å². The number of likely N-dealkylation sites (tertiary alicyclic amines) is 1. The summed E-state index contributed by atoms with van der Waals surface area (Å²) in [4.78, 5) is 18.0. The Hall–Kier alpha value is -2.18. The van der Waals surface area contributed by atoms with E-state index in [-0.39, 0.29) is 17.5 Å². The molecule has 0 spiro atoms. The van der Waals surface area contributed by atoms with E-state index in [1.165, 1.54) is 10.1 Å². The van der Waals surface area contributed by atoms with Gasteiger partial charge < -0.3 is 11.5 Å². The predicted octanol–water partition coefficient (Wildman–Crippen LogP) is 1.15. The summed E-state index contributed by atoms with van der Waals surface area (Å²) in [6.45, 7) is 6.33. The van der Waals surface area contributed by atoms with Crippen LogP contribution in [0.25, 0.3) is 5.69 Å². The maximum absolute atomic E-state index is 11.9. The highest BCUT2D eigenvalue weighted by Crippen LogP contribution is 2.27. The zero-order chi connectivity index (χ0) is 16.6. The van der Waals surface area contributed by atoms with Crippen LogP contribution in [0.3, 0.4) is 0 Å². The molecule has 0 amide bonds. The van der Waals surface area contributed by atoms with Gasteiger partial charge in [0.1, 0.15) is 5.82 Å². The fraction of sp³-hybridized carbons (Fsp3) is 0.412. The van der Waals surface area contributed by atoms with E-state index < -0.39 is 0 Å². The van der Waals surface area contributed by atoms with Gasteiger partial charge in [-0.15, -0.1) is 0 Å². The highest BCUT2D eigenvalue weighted by atomic mass is 16.1. The zero-order valence-corrected chi connectivity index (χ0v) is 13.5. The molecule has 3 atom stereocenters. The molecule has 1 aliphatic rings. The predicted molar refractivity (Wildman–Crippen MR) is 91.4 cm³/mol. The Morgan fingerprint density at radius 1 is 1.22 bits per heavy atom. The largest absolute Gasteiger partial charge is 0.383 e. The van der Waals surface area contributed by atoms with Gasteiger partial charge in [-0.05, 0) is 36.6 Å². The summed E-state index contributed by atoms with van der Waals surface area (Å²) in [6.07, 6.45) is 1.64. The van der Waals surface area contributed by atoms with Crippen molar-refractivity contribution in [3.05, 3.63) is 52.6 Å². The molecule has 6 heteroatoms. The van der Waals surface area contributed by atoms with Crippen LogP contribution in [0, 0.1) is 5.92 Å². The molecule has 1 fully saturated rings. The quantitative estimate of drug-likeness (QED) is 0.887. The first-order valence-corrected chi connectivity index (χ1v) is 7.91. The number of hydrogen-bond acceptors (Lipinski definition) is 5. The first kappa shape index (κ1) is 15.7. The highest BCUT2D eigenvalue weighted by Gasteiger charge is 2.29. The molecule has 6 nitrogen and oxygen atoms in total. The van der Waals surface area contributed by atoms with E-state index >= 15 is 0 Å². The van der Waals surface area contributed by atoms with E-state index in [2.05, 4.69) is 35.9 Å². The van der Waals surface area contributed by atoms with Gasteiger partial charge in [0.05, 0.1) is 5.69 Å². The second-order valence-corrected chi connectivity index (χ2v) is 6.37. The van der Waals surface area contributed by atoms with Crippen molar-refractivity contribution in [1.82, 2.24) is 14.5 Å². The Kier molecular flexibility index (Phi) is 4.19. The van der Waals surface area contributed by atoms with Gasteiger partial charge in [-0.1, -0.05) is 19.1 Å². The molecule has 3 rings (SSSR count). The fourth-order valence-electron chi connectivity index (χ4n) is 3.08. The first-order valence-electron chi connectivity index (χ1n) is 7.91. The second kappa shape index (κ2) is 6.14. The van der Waals surface area contributed by atoms with Gasteiger partial charge in [0.15, 0.2) is 0 Å². The molecule has 0 radical (unpaired) electrons. The van der Waals surface area contributed by atoms with Crippen molar-refractivity contribution in [3.8, 4) is 5.69 Å². The van der Waals surface area contributed by atoms with Gasteiger partial charge >= 0.3 is 5.69 Å². The number of aromatic nitrogens is 2. The zero-order valence-electron chi connectivity index (χ0n) is 13.5. The molecular weight excluding hydrogens is 290 g/mol. The third-order valence-corrected chi connectivity index (χ3v) is 4.73. The van der Waals surface area contributed by atoms with Crippen molar-refractivity contribution in [3.63, 3.8) is 0 Å². The van der Waals surface area contributed by atoms with Crippen molar-refractivity contribution in [2.24, 2.45) is 11.7 Å². The van der Waals surface area contributed by atoms with E-state index in [0.29, 0.717) is 12.0 Å². The number of nitrogens with zero attached hydrogens (tertiary/aromatic N) is 3. The van der Waals surface area contributed by atoms with Crippen molar-refractivity contribution in [2.75, 3.05) is 18.8 Å². The normalized spacial score (nSPS) is 23.1. The van der Waals surface area contributed by atoms with E-state index in [1.807, 2.05) is 12.1 Å². The maximum Gasteiger partial charge on any atom is 0.354 e. The summed E-state index contributed by atoms with van der Waals surface area (Å²) in [5.41, 5.74) is 13.3. The van der Waals surface area contributed by atoms with Crippen LogP contribution in [0.15, 0.2) is 41.3 Å². The van der Waals surface area contributed by atoms with Crippen molar-refractivity contribution < 1.29 is 0 Å². The lowest BCUT2D eigenvalue weighted by atomic mass is 10.1. The SMILES string of the molecule is CC1CN(C(C)c2ccc(-n3ccc(N)nc3=O)cc2)CC1N. The van der Waals surface area contributed by atoms with E-state index in [1.54, 1.807) is 12.3 Å². The van der Waals surface area contributed by atoms with Crippen LogP contribution in [-0.4, -0.2) is 33.6 Å². The molecule has 23 heavy (non-hydrogen) atoms. The van der Waals surface area contributed by atoms with Crippen LogP contribution >= 0.6 is 0 Å². The number of rotatable bonds is 3. The maximum atomic E-state index is 11.9. The minimum absolute atomic E-state index is 0.232. The molecule has 1 aromatic heterocycles. The summed E-state index contributed by atoms with van der Waals surface area (Å²) in [6, 6.07) is 10.1. The molecule has 1 aromatic carbocycles. The van der Waals surface area contributed by atoms with Gasteiger partial charge in [-0.3, -0.25) is 9.47 Å². The highest BCUT2D eigenvalue weighted by molar-refractivity contribution is 5.37. The molecule has 122 valence electrons. The van der Waals surface area contributed by atoms with Crippen LogP contribution in [0.1, 0.15) is 25.5 Å². The van der Waals surface area contributed by atoms with Crippen LogP contribution < -0.4 is 17.2 Å². The molecule has 0 saturated carbocycles. The molecule has 0 aliphatic carbocycles. The summed E-state index contributed by atoms with van der Waals surface area (Å²) in [5, 5.41) is 0. The smallest absolute Gasteiger partial charge is 0.354 e. The van der Waals surface area contributed by atoms with Crippen molar-refractivity contribution in [2.45, 2.75) is 25.9 Å². The Morgan fingerprint density at radius 3 is 2.48 bits per heavy atom. The van der Waals surface area contributed by atoms with Crippen LogP contribution in [0.4, 0.5) is 5.82 Å². The second-order valence-electron chi connectivity index (χ2n) is 6.37. The lowest BCUT2D eigenvalue weighted by Crippen LogP contribution is -2.29. The average molecular weight is 313 g/mol. The number of benzene rings is 1. The van der Waals surface area contributed by atoms with Gasteiger partial charge in [-0.25, -0.2) is 4.79 Å². The lowest BCUT2D eigenvalue weighted by molar-refractivity contribution is 0.253. The lowest BCUT2D eigenvalue weighted by Gasteiger charge is -2.24. The molecule has 2 aromatic rings. The number of nitrogen functional groups attached to an aromatic ring is 1. The minimum Gasteiger partial charge on any atom is -0.383 e. The monoisotopic (exact) mass is 313 g/mol. The Balaban J connectivity index is 1.81. The van der Waals surface area contributed by atoms with Crippen molar-refractivity contribution >= 4 is 5.82 Å². The van der Waals surface area contributed by atoms with E-state index in [9.17, 15) is 4.79 Å². The third-order valence-electron chi connectivity index (χ3n) is 4.73. The van der Waals surface area contributed by atoms with Gasteiger partial charge in [-0.2, -0.15) is 4.98 Å². The number of anilines is 1. The average Bonchev–Trinajstić information content (AvgIpc) is 2.86. The fourth-order valence-corrected chi connectivity index (χ4v) is 3.08. The number of nitrogens with two attached hydrogens (primary N) is 2. The minimum atomic E-state index is -0.370. The Labute approximate surface area is 135 Å². The standard InChI is InChI=1S/C17H23N5O/c1-11-9-21(10-15(11)18)12(2)13-3-5-14(6-4-13)22-8-7-16(19)20-17(22)23/h3-8,11-12,15H,9-10,18H2,1-2H3,(H2,19,20,23). The van der Waals surface area contributed by atoms with E-state index in [4.69, 9.17) is 11.5 Å². The summed E-state index contributed by atoms with van der Waals surface area (Å²) in [7, 11) is 0. The third kappa shape index (κ3) is 3.13. The number of hydrogen-bond donors (Lipinski definition) is 2. The Morgan fingerprint density at radius 2 is 1.91 bits per heavy atom. The van der Waals surface area contributed by atoms with Gasteiger partial charge in [0, 0.05) is 31.4 Å². The Bertz CT molecular complexity index is 729. The van der Waals surface area contributed by atoms with E-state index in [0.717, 1.165) is 18.8 Å². The molecule has 2 heterocycles. The molecule has 0 bridgehead atoms. The summed E-state index contributed by atoms with van der Waals surface area (Å²) < 4.78 is 1.48. The first-order chi connectivity index (χ1) is 11.0. The summed E-state index contributed by atoms with van der Waals surface area (Å²) in [5.74, 6) is 0.757. The molecular formula is C17H23N5O. The van der Waals surface area contributed by atoms with Gasteiger partial charge in [0.25, 0.3) is 0 Å². The molecule has 4 N–H and O–H groups in total. The van der Waals surface area contributed by atoms with Crippen molar-refractivity contribution in [1.29, 1.82) is 0 Å². The van der Waals surface area contributed by atoms with Crippen LogP contribution in [-0.2, 0) is 0 Å².